The predicted octanol–water partition coefficient (Wildman–Crippen LogP) is 10.4. The highest BCUT2D eigenvalue weighted by Crippen LogP contribution is 2.49. The van der Waals surface area contributed by atoms with Crippen molar-refractivity contribution in [3.05, 3.63) is 152 Å². The molecule has 6 aromatic carbocycles. The van der Waals surface area contributed by atoms with Gasteiger partial charge in [-0.2, -0.15) is 0 Å². The van der Waals surface area contributed by atoms with Gasteiger partial charge in [0.15, 0.2) is 17.5 Å². The molecule has 0 aliphatic carbocycles. The Kier molecular flexibility index (Phi) is 5.74. The fourth-order valence-corrected chi connectivity index (χ4v) is 8.05. The van der Waals surface area contributed by atoms with E-state index in [1.807, 2.05) is 72.4 Å². The molecule has 6 heteroatoms. The molecule has 0 fully saturated rings. The van der Waals surface area contributed by atoms with Gasteiger partial charge >= 0.3 is 0 Å². The van der Waals surface area contributed by atoms with Crippen LogP contribution in [0.15, 0.2) is 161 Å². The number of hydrogen-bond donors (Lipinski definition) is 0. The van der Waals surface area contributed by atoms with Crippen molar-refractivity contribution in [1.29, 1.82) is 0 Å². The van der Waals surface area contributed by atoms with Crippen LogP contribution < -0.4 is 0 Å². The molecule has 5 nitrogen and oxygen atoms in total. The van der Waals surface area contributed by atoms with Gasteiger partial charge in [0.1, 0.15) is 5.65 Å². The van der Waals surface area contributed by atoms with E-state index in [0.717, 1.165) is 33.5 Å². The molecule has 0 unspecified atom stereocenters. The van der Waals surface area contributed by atoms with Crippen molar-refractivity contribution in [2.45, 2.75) is 9.79 Å². The summed E-state index contributed by atoms with van der Waals surface area (Å²) in [4.78, 5) is 17.7. The molecule has 4 heterocycles. The average molecular weight is 620 g/mol. The number of nitrogens with zero attached hydrogens (tertiary/aromatic N) is 5. The third kappa shape index (κ3) is 3.95. The Morgan fingerprint density at radius 2 is 1.00 bits per heavy atom. The first-order valence-electron chi connectivity index (χ1n) is 15.6. The maximum atomic E-state index is 5.13. The van der Waals surface area contributed by atoms with Crippen molar-refractivity contribution < 1.29 is 0 Å². The van der Waals surface area contributed by atoms with Crippen LogP contribution in [0.4, 0.5) is 0 Å². The van der Waals surface area contributed by atoms with E-state index in [1.165, 1.54) is 37.2 Å². The lowest BCUT2D eigenvalue weighted by atomic mass is 10.1. The number of aromatic nitrogens is 5. The smallest absolute Gasteiger partial charge is 0.166 e. The van der Waals surface area contributed by atoms with Crippen LogP contribution in [0.25, 0.3) is 78.4 Å². The van der Waals surface area contributed by atoms with Crippen LogP contribution in [-0.2, 0) is 0 Å². The normalized spacial score (nSPS) is 12.2. The molecule has 1 aliphatic rings. The van der Waals surface area contributed by atoms with Gasteiger partial charge < -0.3 is 0 Å². The Balaban J connectivity index is 1.32. The second-order valence-corrected chi connectivity index (χ2v) is 12.7. The number of hydrogen-bond acceptors (Lipinski definition) is 4. The molecule has 0 saturated carbocycles. The molecule has 1 aliphatic heterocycles. The SMILES string of the molecule is c1ccc(-c2nc(-c3ccccc3)nc(-c3ccccc3-n3c4ccccc4c4c5cccc6c5n(c43)-c3ccccc3S6)n2)cc1. The topological polar surface area (TPSA) is 48.5 Å². The molecule has 0 bridgehead atoms. The standard InChI is InChI=1S/C41H25N5S/c1-3-14-26(15-4-1)38-42-39(27-16-5-2-6-17-27)44-40(43-38)29-19-8-10-22-32(29)45-31-21-9-7-18-28(31)36-30-20-13-25-35-37(30)46(41(36)45)33-23-11-12-24-34(33)47-35/h1-25H. The molecule has 47 heavy (non-hydrogen) atoms. The Labute approximate surface area is 274 Å². The van der Waals surface area contributed by atoms with Crippen LogP contribution in [0, 0.1) is 0 Å². The summed E-state index contributed by atoms with van der Waals surface area (Å²) in [7, 11) is 0. The van der Waals surface area contributed by atoms with Crippen molar-refractivity contribution in [1.82, 2.24) is 24.1 Å². The molecule has 9 aromatic rings. The molecule has 0 radical (unpaired) electrons. The zero-order chi connectivity index (χ0) is 30.9. The lowest BCUT2D eigenvalue weighted by Crippen LogP contribution is -2.07. The Hall–Kier alpha value is -5.98. The van der Waals surface area contributed by atoms with Gasteiger partial charge in [-0.1, -0.05) is 127 Å². The van der Waals surface area contributed by atoms with Crippen LogP contribution >= 0.6 is 11.8 Å². The minimum Gasteiger partial charge on any atom is -0.294 e. The summed E-state index contributed by atoms with van der Waals surface area (Å²) in [6.07, 6.45) is 0. The molecular weight excluding hydrogens is 595 g/mol. The highest BCUT2D eigenvalue weighted by Gasteiger charge is 2.28. The molecule has 220 valence electrons. The van der Waals surface area contributed by atoms with E-state index in [-0.39, 0.29) is 0 Å². The van der Waals surface area contributed by atoms with Crippen molar-refractivity contribution in [3.63, 3.8) is 0 Å². The molecular formula is C41H25N5S. The highest BCUT2D eigenvalue weighted by molar-refractivity contribution is 7.99. The first-order valence-corrected chi connectivity index (χ1v) is 16.5. The van der Waals surface area contributed by atoms with Crippen molar-refractivity contribution >= 4 is 44.6 Å². The average Bonchev–Trinajstić information content (AvgIpc) is 3.66. The summed E-state index contributed by atoms with van der Waals surface area (Å²) in [5.74, 6) is 1.92. The van der Waals surface area contributed by atoms with Crippen LogP contribution in [-0.4, -0.2) is 24.1 Å². The van der Waals surface area contributed by atoms with Gasteiger partial charge in [-0.05, 0) is 36.4 Å². The minimum atomic E-state index is 0.630. The first-order chi connectivity index (χ1) is 23.3. The van der Waals surface area contributed by atoms with E-state index >= 15 is 0 Å². The highest BCUT2D eigenvalue weighted by atomic mass is 32.2. The van der Waals surface area contributed by atoms with Crippen LogP contribution in [0.2, 0.25) is 0 Å². The molecule has 10 rings (SSSR count). The van der Waals surface area contributed by atoms with E-state index in [4.69, 9.17) is 15.0 Å². The van der Waals surface area contributed by atoms with E-state index < -0.39 is 0 Å². The second-order valence-electron chi connectivity index (χ2n) is 11.7. The van der Waals surface area contributed by atoms with Crippen molar-refractivity contribution in [2.24, 2.45) is 0 Å². The van der Waals surface area contributed by atoms with Gasteiger partial charge in [0, 0.05) is 42.6 Å². The van der Waals surface area contributed by atoms with E-state index in [0.29, 0.717) is 17.5 Å². The molecule has 0 amide bonds. The molecule has 0 saturated heterocycles. The van der Waals surface area contributed by atoms with E-state index in [2.05, 4.69) is 100 Å². The summed E-state index contributed by atoms with van der Waals surface area (Å²) in [6.45, 7) is 0. The summed E-state index contributed by atoms with van der Waals surface area (Å²) >= 11 is 1.84. The van der Waals surface area contributed by atoms with Crippen molar-refractivity contribution in [2.75, 3.05) is 0 Å². The monoisotopic (exact) mass is 619 g/mol. The Morgan fingerprint density at radius 3 is 1.77 bits per heavy atom. The molecule has 0 atom stereocenters. The van der Waals surface area contributed by atoms with E-state index in [1.54, 1.807) is 0 Å². The summed E-state index contributed by atoms with van der Waals surface area (Å²) < 4.78 is 4.87. The number of benzene rings is 6. The Bertz CT molecular complexity index is 2600. The third-order valence-electron chi connectivity index (χ3n) is 8.96. The molecule has 0 N–H and O–H groups in total. The maximum absolute atomic E-state index is 5.13. The zero-order valence-corrected chi connectivity index (χ0v) is 25.9. The van der Waals surface area contributed by atoms with Gasteiger partial charge in [0.25, 0.3) is 0 Å². The summed E-state index contributed by atoms with van der Waals surface area (Å²) in [5, 5.41) is 3.72. The quantitative estimate of drug-likeness (QED) is 0.197. The predicted molar refractivity (Wildman–Crippen MR) is 191 cm³/mol. The summed E-state index contributed by atoms with van der Waals surface area (Å²) in [5.41, 5.74) is 8.55. The zero-order valence-electron chi connectivity index (χ0n) is 25.1. The minimum absolute atomic E-state index is 0.630. The fourth-order valence-electron chi connectivity index (χ4n) is 6.96. The van der Waals surface area contributed by atoms with Crippen molar-refractivity contribution in [3.8, 4) is 45.5 Å². The molecule has 3 aromatic heterocycles. The fraction of sp³-hybridized carbons (Fsp3) is 0. The first kappa shape index (κ1) is 26.3. The van der Waals surface area contributed by atoms with Gasteiger partial charge in [0.05, 0.1) is 22.4 Å². The second kappa shape index (κ2) is 10.3. The van der Waals surface area contributed by atoms with E-state index in [9.17, 15) is 0 Å². The molecule has 0 spiro atoms. The summed E-state index contributed by atoms with van der Waals surface area (Å²) in [6, 6.07) is 52.9. The lowest BCUT2D eigenvalue weighted by molar-refractivity contribution is 1.02. The Morgan fingerprint density at radius 1 is 0.426 bits per heavy atom. The van der Waals surface area contributed by atoms with Gasteiger partial charge in [0.2, 0.25) is 0 Å². The maximum Gasteiger partial charge on any atom is 0.166 e. The largest absolute Gasteiger partial charge is 0.294 e. The van der Waals surface area contributed by atoms with Gasteiger partial charge in [-0.3, -0.25) is 9.13 Å². The van der Waals surface area contributed by atoms with Crippen LogP contribution in [0.3, 0.4) is 0 Å². The van der Waals surface area contributed by atoms with Crippen LogP contribution in [0.5, 0.6) is 0 Å². The van der Waals surface area contributed by atoms with Gasteiger partial charge in [-0.25, -0.2) is 15.0 Å². The van der Waals surface area contributed by atoms with Crippen LogP contribution in [0.1, 0.15) is 0 Å². The van der Waals surface area contributed by atoms with Gasteiger partial charge in [-0.15, -0.1) is 0 Å². The third-order valence-corrected chi connectivity index (χ3v) is 10.1. The lowest BCUT2D eigenvalue weighted by Gasteiger charge is -2.21. The number of para-hydroxylation sites is 4. The number of rotatable bonds is 4. The number of fused-ring (bicyclic) bond motifs is 7.